The second-order valence-corrected chi connectivity index (χ2v) is 7.49. The summed E-state index contributed by atoms with van der Waals surface area (Å²) in [7, 11) is 0. The van der Waals surface area contributed by atoms with E-state index in [-0.39, 0.29) is 0 Å². The maximum Gasteiger partial charge on any atom is 0.119 e. The van der Waals surface area contributed by atoms with Crippen LogP contribution in [0.1, 0.15) is 22.3 Å². The zero-order chi connectivity index (χ0) is 25.6. The number of hydrogen-bond acceptors (Lipinski definition) is 8. The van der Waals surface area contributed by atoms with Gasteiger partial charge in [0.05, 0.1) is 23.3 Å². The summed E-state index contributed by atoms with van der Waals surface area (Å²) >= 11 is 0. The Bertz CT molecular complexity index is 1150. The largest absolute Gasteiger partial charge is 0.491 e. The van der Waals surface area contributed by atoms with Gasteiger partial charge in [-0.25, -0.2) is 11.8 Å². The number of nitriles is 2. The summed E-state index contributed by atoms with van der Waals surface area (Å²) < 4.78 is 11.0. The van der Waals surface area contributed by atoms with Crippen LogP contribution >= 0.6 is 0 Å². The molecule has 0 spiro atoms. The third kappa shape index (κ3) is 7.81. The van der Waals surface area contributed by atoms with Crippen LogP contribution in [0.4, 0.5) is 0 Å². The Morgan fingerprint density at radius 2 is 0.944 bits per heavy atom. The molecule has 0 aromatic heterocycles. The third-order valence-corrected chi connectivity index (χ3v) is 5.07. The molecule has 3 aromatic rings. The first kappa shape index (κ1) is 26.2. The van der Waals surface area contributed by atoms with Gasteiger partial charge in [-0.15, -0.1) is 0 Å². The molecule has 0 atom stereocenters. The van der Waals surface area contributed by atoms with Gasteiger partial charge in [-0.3, -0.25) is 0 Å². The molecule has 0 aliphatic heterocycles. The van der Waals surface area contributed by atoms with Crippen molar-refractivity contribution in [2.75, 3.05) is 26.4 Å². The summed E-state index contributed by atoms with van der Waals surface area (Å²) in [4.78, 5) is 8.96. The van der Waals surface area contributed by atoms with Crippen molar-refractivity contribution >= 4 is 23.3 Å². The zero-order valence-corrected chi connectivity index (χ0v) is 19.6. The molecule has 0 fully saturated rings. The minimum Gasteiger partial charge on any atom is -0.491 e. The molecule has 8 heteroatoms. The molecule has 0 saturated carbocycles. The van der Waals surface area contributed by atoms with Crippen molar-refractivity contribution in [2.45, 2.75) is 0 Å². The van der Waals surface area contributed by atoms with Crippen molar-refractivity contribution in [3.8, 4) is 23.6 Å². The molecule has 0 aliphatic carbocycles. The summed E-state index contributed by atoms with van der Waals surface area (Å²) in [5.41, 5.74) is 4.23. The van der Waals surface area contributed by atoms with Gasteiger partial charge in [0.1, 0.15) is 37.9 Å². The SMILES string of the molecule is N#C/C(=C\c1ccc(OCCON)cc1)c1ccc(/C(C#N)=C\c2ccc(OCCON)cc2)cc1. The van der Waals surface area contributed by atoms with Crippen molar-refractivity contribution in [3.63, 3.8) is 0 Å². The quantitative estimate of drug-likeness (QED) is 0.168. The Hall–Kier alpha value is -4.44. The number of nitrogens with zero attached hydrogens (tertiary/aromatic N) is 2. The lowest BCUT2D eigenvalue weighted by Gasteiger charge is -2.06. The predicted octanol–water partition coefficient (Wildman–Crippen LogP) is 4.35. The average molecular weight is 483 g/mol. The van der Waals surface area contributed by atoms with Crippen molar-refractivity contribution in [2.24, 2.45) is 11.8 Å². The van der Waals surface area contributed by atoms with Crippen molar-refractivity contribution in [3.05, 3.63) is 95.1 Å². The Kier molecular flexibility index (Phi) is 10.2. The normalized spacial score (nSPS) is 11.4. The Labute approximate surface area is 210 Å². The van der Waals surface area contributed by atoms with Gasteiger partial charge in [0.15, 0.2) is 0 Å². The van der Waals surface area contributed by atoms with Gasteiger partial charge in [-0.2, -0.15) is 10.5 Å². The number of benzene rings is 3. The van der Waals surface area contributed by atoms with Gasteiger partial charge in [-0.05, 0) is 58.7 Å². The third-order valence-electron chi connectivity index (χ3n) is 5.07. The molecule has 0 bridgehead atoms. The highest BCUT2D eigenvalue weighted by atomic mass is 16.6. The lowest BCUT2D eigenvalue weighted by atomic mass is 9.99. The number of hydrogen-bond donors (Lipinski definition) is 2. The van der Waals surface area contributed by atoms with E-state index < -0.39 is 0 Å². The number of rotatable bonds is 12. The van der Waals surface area contributed by atoms with E-state index in [0.717, 1.165) is 22.3 Å². The molecule has 36 heavy (non-hydrogen) atoms. The molecule has 0 unspecified atom stereocenters. The fourth-order valence-corrected chi connectivity index (χ4v) is 3.26. The van der Waals surface area contributed by atoms with Crippen LogP contribution in [-0.4, -0.2) is 26.4 Å². The van der Waals surface area contributed by atoms with Crippen LogP contribution in [0.3, 0.4) is 0 Å². The molecule has 3 aromatic carbocycles. The summed E-state index contributed by atoms with van der Waals surface area (Å²) in [5.74, 6) is 11.3. The molecule has 4 N–H and O–H groups in total. The molecule has 0 aliphatic rings. The molecule has 0 saturated heterocycles. The van der Waals surface area contributed by atoms with Crippen LogP contribution in [0.5, 0.6) is 11.5 Å². The van der Waals surface area contributed by atoms with Crippen LogP contribution in [0.25, 0.3) is 23.3 Å². The van der Waals surface area contributed by atoms with E-state index in [1.165, 1.54) is 0 Å². The molecular weight excluding hydrogens is 456 g/mol. The van der Waals surface area contributed by atoms with E-state index in [9.17, 15) is 10.5 Å². The maximum atomic E-state index is 9.69. The average Bonchev–Trinajstić information content (AvgIpc) is 2.92. The smallest absolute Gasteiger partial charge is 0.119 e. The van der Waals surface area contributed by atoms with E-state index in [1.54, 1.807) is 12.2 Å². The van der Waals surface area contributed by atoms with Gasteiger partial charge < -0.3 is 19.1 Å². The van der Waals surface area contributed by atoms with E-state index >= 15 is 0 Å². The summed E-state index contributed by atoms with van der Waals surface area (Å²) in [6.07, 6.45) is 3.60. The van der Waals surface area contributed by atoms with Gasteiger partial charge in [0, 0.05) is 0 Å². The summed E-state index contributed by atoms with van der Waals surface area (Å²) in [6, 6.07) is 26.5. The van der Waals surface area contributed by atoms with E-state index in [1.807, 2.05) is 72.8 Å². The van der Waals surface area contributed by atoms with Crippen LogP contribution in [-0.2, 0) is 9.68 Å². The number of allylic oxidation sites excluding steroid dienone is 2. The first-order valence-corrected chi connectivity index (χ1v) is 11.1. The van der Waals surface area contributed by atoms with E-state index in [2.05, 4.69) is 21.8 Å². The fourth-order valence-electron chi connectivity index (χ4n) is 3.26. The Morgan fingerprint density at radius 1 is 0.583 bits per heavy atom. The zero-order valence-electron chi connectivity index (χ0n) is 19.6. The highest BCUT2D eigenvalue weighted by molar-refractivity contribution is 5.92. The topological polar surface area (TPSA) is 137 Å². The highest BCUT2D eigenvalue weighted by Gasteiger charge is 2.06. The lowest BCUT2D eigenvalue weighted by Crippen LogP contribution is -2.09. The summed E-state index contributed by atoms with van der Waals surface area (Å²) in [6.45, 7) is 1.30. The molecule has 3 rings (SSSR count). The molecular formula is C28H26N4O4. The lowest BCUT2D eigenvalue weighted by molar-refractivity contribution is 0.102. The minimum atomic E-state index is 0.298. The Morgan fingerprint density at radius 3 is 1.25 bits per heavy atom. The van der Waals surface area contributed by atoms with Crippen LogP contribution in [0, 0.1) is 22.7 Å². The second-order valence-electron chi connectivity index (χ2n) is 7.49. The molecule has 0 amide bonds. The molecule has 0 heterocycles. The van der Waals surface area contributed by atoms with Crippen LogP contribution < -0.4 is 21.3 Å². The summed E-state index contributed by atoms with van der Waals surface area (Å²) in [5, 5.41) is 19.4. The molecule has 0 radical (unpaired) electrons. The second kappa shape index (κ2) is 14.1. The Balaban J connectivity index is 1.71. The van der Waals surface area contributed by atoms with Crippen molar-refractivity contribution in [1.82, 2.24) is 0 Å². The van der Waals surface area contributed by atoms with Crippen molar-refractivity contribution in [1.29, 1.82) is 10.5 Å². The minimum absolute atomic E-state index is 0.298. The predicted molar refractivity (Wildman–Crippen MR) is 138 cm³/mol. The van der Waals surface area contributed by atoms with Gasteiger partial charge in [0.2, 0.25) is 0 Å². The van der Waals surface area contributed by atoms with Crippen LogP contribution in [0.15, 0.2) is 72.8 Å². The molecule has 182 valence electrons. The van der Waals surface area contributed by atoms with Gasteiger partial charge in [-0.1, -0.05) is 48.5 Å². The maximum absolute atomic E-state index is 9.69. The molecule has 8 nitrogen and oxygen atoms in total. The number of nitrogens with two attached hydrogens (primary N) is 2. The first-order chi connectivity index (χ1) is 17.7. The highest BCUT2D eigenvalue weighted by Crippen LogP contribution is 2.24. The van der Waals surface area contributed by atoms with Gasteiger partial charge >= 0.3 is 0 Å². The fraction of sp³-hybridized carbons (Fsp3) is 0.143. The van der Waals surface area contributed by atoms with E-state index in [0.29, 0.717) is 49.1 Å². The monoisotopic (exact) mass is 482 g/mol. The van der Waals surface area contributed by atoms with Crippen molar-refractivity contribution < 1.29 is 19.1 Å². The van der Waals surface area contributed by atoms with Gasteiger partial charge in [0.25, 0.3) is 0 Å². The number of ether oxygens (including phenoxy) is 2. The standard InChI is InChI=1S/C28H26N4O4/c29-19-25(17-21-1-9-27(10-2-21)33-13-15-35-31)23-5-7-24(8-6-23)26(20-30)18-22-3-11-28(12-4-22)34-14-16-36-32/h1-12,17-18H,13-16,31-32H2/b25-17-,26-18+. The van der Waals surface area contributed by atoms with E-state index in [4.69, 9.17) is 21.3 Å². The van der Waals surface area contributed by atoms with Crippen LogP contribution in [0.2, 0.25) is 0 Å². The first-order valence-electron chi connectivity index (χ1n) is 11.1.